The summed E-state index contributed by atoms with van der Waals surface area (Å²) in [5.41, 5.74) is 10.2. The summed E-state index contributed by atoms with van der Waals surface area (Å²) in [6, 6.07) is 11.0. The maximum absolute atomic E-state index is 6.04. The fraction of sp³-hybridized carbons (Fsp3) is 0.471. The molecule has 2 aromatic rings. The van der Waals surface area contributed by atoms with Gasteiger partial charge in [0.1, 0.15) is 0 Å². The van der Waals surface area contributed by atoms with E-state index in [1.54, 1.807) is 0 Å². The van der Waals surface area contributed by atoms with Crippen LogP contribution in [-0.4, -0.2) is 16.3 Å². The van der Waals surface area contributed by atoms with Crippen LogP contribution in [0.5, 0.6) is 0 Å². The molecule has 0 bridgehead atoms. The zero-order valence-electron chi connectivity index (χ0n) is 11.8. The summed E-state index contributed by atoms with van der Waals surface area (Å²) in [7, 11) is 0. The van der Waals surface area contributed by atoms with Crippen molar-refractivity contribution in [1.82, 2.24) is 9.78 Å². The summed E-state index contributed by atoms with van der Waals surface area (Å²) in [5.74, 6) is 0.716. The Hall–Kier alpha value is -1.61. The smallest absolute Gasteiger partial charge is 0.0651 e. The zero-order chi connectivity index (χ0) is 13.6. The number of hydrogen-bond acceptors (Lipinski definition) is 2. The summed E-state index contributed by atoms with van der Waals surface area (Å²) in [6.45, 7) is 0.755. The number of nitrogens with two attached hydrogens (primary N) is 1. The van der Waals surface area contributed by atoms with E-state index in [9.17, 15) is 0 Å². The molecule has 2 N–H and O–H groups in total. The van der Waals surface area contributed by atoms with Gasteiger partial charge in [-0.1, -0.05) is 18.6 Å². The lowest BCUT2D eigenvalue weighted by atomic mass is 9.64. The molecule has 3 heteroatoms. The van der Waals surface area contributed by atoms with Gasteiger partial charge in [-0.15, -0.1) is 0 Å². The summed E-state index contributed by atoms with van der Waals surface area (Å²) < 4.78 is 2.12. The van der Waals surface area contributed by atoms with Crippen molar-refractivity contribution in [3.05, 3.63) is 47.8 Å². The lowest BCUT2D eigenvalue weighted by molar-refractivity contribution is 0.253. The molecule has 2 aliphatic carbocycles. The topological polar surface area (TPSA) is 43.8 Å². The molecule has 3 nitrogen and oxygen atoms in total. The van der Waals surface area contributed by atoms with E-state index in [0.717, 1.165) is 6.54 Å². The van der Waals surface area contributed by atoms with Crippen LogP contribution in [0.25, 0.3) is 5.69 Å². The lowest BCUT2D eigenvalue weighted by Crippen LogP contribution is -2.41. The fourth-order valence-electron chi connectivity index (χ4n) is 3.40. The van der Waals surface area contributed by atoms with E-state index in [-0.39, 0.29) is 5.41 Å². The van der Waals surface area contributed by atoms with Gasteiger partial charge in [-0.25, -0.2) is 4.68 Å². The highest BCUT2D eigenvalue weighted by molar-refractivity contribution is 5.42. The number of rotatable bonds is 4. The molecule has 0 atom stereocenters. The lowest BCUT2D eigenvalue weighted by Gasteiger charge is -2.41. The van der Waals surface area contributed by atoms with Gasteiger partial charge in [0.25, 0.3) is 0 Å². The van der Waals surface area contributed by atoms with Crippen LogP contribution in [0.4, 0.5) is 0 Å². The van der Waals surface area contributed by atoms with E-state index in [1.165, 1.54) is 49.0 Å². The molecular weight excluding hydrogens is 246 g/mol. The van der Waals surface area contributed by atoms with E-state index < -0.39 is 0 Å². The van der Waals surface area contributed by atoms with E-state index in [1.807, 2.05) is 6.20 Å². The molecule has 1 aromatic heterocycles. The average molecular weight is 267 g/mol. The predicted octanol–water partition coefficient (Wildman–Crippen LogP) is 3.13. The molecule has 1 aromatic carbocycles. The Morgan fingerprint density at radius 3 is 2.75 bits per heavy atom. The maximum atomic E-state index is 6.04. The van der Waals surface area contributed by atoms with Crippen molar-refractivity contribution in [2.24, 2.45) is 5.73 Å². The van der Waals surface area contributed by atoms with Crippen molar-refractivity contribution < 1.29 is 0 Å². The molecule has 104 valence electrons. The van der Waals surface area contributed by atoms with Crippen LogP contribution in [-0.2, 0) is 5.41 Å². The summed E-state index contributed by atoms with van der Waals surface area (Å²) in [5, 5.41) is 4.53. The minimum atomic E-state index is 0.225. The number of benzene rings is 1. The first-order chi connectivity index (χ1) is 9.82. The van der Waals surface area contributed by atoms with E-state index >= 15 is 0 Å². The predicted molar refractivity (Wildman–Crippen MR) is 80.1 cm³/mol. The van der Waals surface area contributed by atoms with Crippen molar-refractivity contribution in [1.29, 1.82) is 0 Å². The molecule has 2 saturated carbocycles. The monoisotopic (exact) mass is 267 g/mol. The number of aromatic nitrogens is 2. The summed E-state index contributed by atoms with van der Waals surface area (Å²) in [4.78, 5) is 0. The first-order valence-electron chi connectivity index (χ1n) is 7.67. The molecule has 0 aliphatic heterocycles. The molecule has 20 heavy (non-hydrogen) atoms. The van der Waals surface area contributed by atoms with Crippen LogP contribution >= 0.6 is 0 Å². The first-order valence-corrected chi connectivity index (χ1v) is 7.67. The third kappa shape index (κ3) is 1.80. The van der Waals surface area contributed by atoms with Crippen molar-refractivity contribution in [3.8, 4) is 5.69 Å². The number of nitrogens with zero attached hydrogens (tertiary/aromatic N) is 2. The fourth-order valence-corrected chi connectivity index (χ4v) is 3.40. The van der Waals surface area contributed by atoms with Crippen molar-refractivity contribution in [2.75, 3.05) is 6.54 Å². The Bertz CT molecular complexity index is 615. The van der Waals surface area contributed by atoms with Gasteiger partial charge in [0.15, 0.2) is 0 Å². The van der Waals surface area contributed by atoms with E-state index in [4.69, 9.17) is 5.73 Å². The molecule has 0 unspecified atom stereocenters. The average Bonchev–Trinajstić information content (AvgIpc) is 3.16. The molecule has 4 rings (SSSR count). The largest absolute Gasteiger partial charge is 0.330 e. The molecule has 0 amide bonds. The highest BCUT2D eigenvalue weighted by Crippen LogP contribution is 2.44. The van der Waals surface area contributed by atoms with Crippen LogP contribution in [0, 0.1) is 0 Å². The third-order valence-corrected chi connectivity index (χ3v) is 5.07. The Kier molecular flexibility index (Phi) is 2.71. The van der Waals surface area contributed by atoms with Gasteiger partial charge in [-0.05, 0) is 49.4 Å². The molecular formula is C17H21N3. The van der Waals surface area contributed by atoms with Gasteiger partial charge in [-0.2, -0.15) is 5.10 Å². The Labute approximate surface area is 119 Å². The molecule has 0 spiro atoms. The highest BCUT2D eigenvalue weighted by Gasteiger charge is 2.37. The van der Waals surface area contributed by atoms with Crippen LogP contribution in [0.1, 0.15) is 49.3 Å². The molecule has 1 heterocycles. The van der Waals surface area contributed by atoms with Gasteiger partial charge < -0.3 is 5.73 Å². The van der Waals surface area contributed by atoms with Gasteiger partial charge in [-0.3, -0.25) is 0 Å². The van der Waals surface area contributed by atoms with Gasteiger partial charge in [0.05, 0.1) is 5.69 Å². The molecule has 0 saturated heterocycles. The van der Waals surface area contributed by atoms with Gasteiger partial charge in [0, 0.05) is 29.8 Å². The van der Waals surface area contributed by atoms with Crippen LogP contribution < -0.4 is 5.73 Å². The molecule has 0 radical (unpaired) electrons. The summed E-state index contributed by atoms with van der Waals surface area (Å²) in [6.07, 6.45) is 8.28. The second-order valence-electron chi connectivity index (χ2n) is 6.33. The van der Waals surface area contributed by atoms with Crippen molar-refractivity contribution in [3.63, 3.8) is 0 Å². The Balaban J connectivity index is 1.74. The Morgan fingerprint density at radius 1 is 1.25 bits per heavy atom. The van der Waals surface area contributed by atoms with Crippen LogP contribution in [0.3, 0.4) is 0 Å². The quantitative estimate of drug-likeness (QED) is 0.925. The SMILES string of the molecule is NCC1(c2cccc(-n3nccc3C3CC3)c2)CCC1. The maximum Gasteiger partial charge on any atom is 0.0651 e. The minimum absolute atomic E-state index is 0.225. The van der Waals surface area contributed by atoms with Crippen LogP contribution in [0.15, 0.2) is 36.5 Å². The van der Waals surface area contributed by atoms with Crippen molar-refractivity contribution in [2.45, 2.75) is 43.4 Å². The Morgan fingerprint density at radius 2 is 2.10 bits per heavy atom. The normalized spacial score (nSPS) is 20.6. The zero-order valence-corrected chi connectivity index (χ0v) is 11.8. The van der Waals surface area contributed by atoms with Crippen LogP contribution in [0.2, 0.25) is 0 Å². The first kappa shape index (κ1) is 12.2. The van der Waals surface area contributed by atoms with E-state index in [0.29, 0.717) is 5.92 Å². The summed E-state index contributed by atoms with van der Waals surface area (Å²) >= 11 is 0. The second-order valence-corrected chi connectivity index (χ2v) is 6.33. The third-order valence-electron chi connectivity index (χ3n) is 5.07. The standard InChI is InChI=1S/C17H21N3/c18-12-17(8-2-9-17)14-3-1-4-15(11-14)20-16(7-10-19-20)13-5-6-13/h1,3-4,7,10-11,13H,2,5-6,8-9,12,18H2. The van der Waals surface area contributed by atoms with E-state index in [2.05, 4.69) is 40.1 Å². The highest BCUT2D eigenvalue weighted by atomic mass is 15.3. The number of hydrogen-bond donors (Lipinski definition) is 1. The molecule has 2 aliphatic rings. The van der Waals surface area contributed by atoms with Gasteiger partial charge in [0.2, 0.25) is 0 Å². The van der Waals surface area contributed by atoms with Crippen molar-refractivity contribution >= 4 is 0 Å². The minimum Gasteiger partial charge on any atom is -0.330 e. The van der Waals surface area contributed by atoms with Gasteiger partial charge >= 0.3 is 0 Å². The second kappa shape index (κ2) is 4.45. The molecule has 2 fully saturated rings.